The predicted molar refractivity (Wildman–Crippen MR) is 352 cm³/mol. The molecule has 21 heteroatoms. The van der Waals surface area contributed by atoms with Gasteiger partial charge in [0.25, 0.3) is 0 Å². The summed E-state index contributed by atoms with van der Waals surface area (Å²) in [6.07, 6.45) is 7.27. The fourth-order valence-corrected chi connectivity index (χ4v) is 11.7. The Labute approximate surface area is 548 Å². The van der Waals surface area contributed by atoms with E-state index >= 15 is 0 Å². The van der Waals surface area contributed by atoms with Gasteiger partial charge in [0.1, 0.15) is 19.5 Å². The first kappa shape index (κ1) is 91.0. The minimum Gasteiger partial charge on any atom is -0.466 e. The smallest absolute Gasteiger partial charge is 0.306 e. The van der Waals surface area contributed by atoms with Crippen LogP contribution >= 0.6 is 47.0 Å². The zero-order valence-corrected chi connectivity index (χ0v) is 62.0. The van der Waals surface area contributed by atoms with Crippen LogP contribution in [0.5, 0.6) is 0 Å². The molecule has 5 atom stereocenters. The van der Waals surface area contributed by atoms with Crippen molar-refractivity contribution < 1.29 is 98.9 Å². The van der Waals surface area contributed by atoms with E-state index in [0.717, 1.165) is 50.1 Å². The van der Waals surface area contributed by atoms with E-state index in [1.165, 1.54) is 40.9 Å². The van der Waals surface area contributed by atoms with Crippen molar-refractivity contribution in [1.82, 2.24) is 0 Å². The van der Waals surface area contributed by atoms with E-state index in [4.69, 9.17) is 38.3 Å². The molecule has 0 fully saturated rings. The van der Waals surface area contributed by atoms with Gasteiger partial charge in [0.15, 0.2) is 0 Å². The summed E-state index contributed by atoms with van der Waals surface area (Å²) in [6.45, 7) is 38.5. The third-order valence-electron chi connectivity index (χ3n) is 13.0. The van der Waals surface area contributed by atoms with Crippen LogP contribution in [0.25, 0.3) is 0 Å². The van der Waals surface area contributed by atoms with Crippen LogP contribution in [-0.2, 0) is 73.4 Å². The maximum atomic E-state index is 12.9. The fourth-order valence-electron chi connectivity index (χ4n) is 8.36. The van der Waals surface area contributed by atoms with Crippen molar-refractivity contribution in [2.24, 2.45) is 38.9 Å². The zero-order valence-electron chi connectivity index (χ0n) is 55.8. The SMILES string of the molecule is CC/C(C)=C/C(C)(C)COCC(O)CSCCC(=O)OCC(CCOC)(CCOC(=O)CCSCC(O)CO)COC(=O)CCSCC(O)COCC(C)(C)CC(C)C.CCC(C)(C)CC(C)(C)COCC(O)CSCCC=O.[CH2-]CC(C)C.[W]. The average Bonchev–Trinajstić information content (AvgIpc) is 3.51. The Balaban J connectivity index is -0.00000104. The van der Waals surface area contributed by atoms with Crippen molar-refractivity contribution in [3.8, 4) is 0 Å². The second-order valence-electron chi connectivity index (χ2n) is 26.0. The van der Waals surface area contributed by atoms with Crippen molar-refractivity contribution in [1.29, 1.82) is 0 Å². The first-order valence-corrected chi connectivity index (χ1v) is 35.1. The monoisotopic (exact) mass is 1460 g/mol. The second-order valence-corrected chi connectivity index (χ2v) is 30.6. The fraction of sp³-hybridized carbons (Fsp3) is 0.891. The molecule has 0 aromatic rings. The van der Waals surface area contributed by atoms with Gasteiger partial charge in [-0.3, -0.25) is 14.4 Å². The number of carbonyl (C=O) groups excluding carboxylic acids is 4. The van der Waals surface area contributed by atoms with Gasteiger partial charge in [0.05, 0.1) is 96.5 Å². The van der Waals surface area contributed by atoms with E-state index < -0.39 is 47.7 Å². The molecule has 0 saturated carbocycles. The predicted octanol–water partition coefficient (Wildman–Crippen LogP) is 11.4. The molecule has 0 aliphatic rings. The van der Waals surface area contributed by atoms with Crippen LogP contribution in [-0.4, -0.2) is 200 Å². The van der Waals surface area contributed by atoms with Crippen LogP contribution in [0, 0.1) is 45.8 Å². The van der Waals surface area contributed by atoms with Crippen molar-refractivity contribution in [3.05, 3.63) is 18.6 Å². The largest absolute Gasteiger partial charge is 0.466 e. The quantitative estimate of drug-likeness (QED) is 0.00951. The molecule has 0 aliphatic heterocycles. The summed E-state index contributed by atoms with van der Waals surface area (Å²) >= 11 is 5.79. The zero-order chi connectivity index (χ0) is 64.7. The number of carbonyl (C=O) groups is 4. The molecule has 0 amide bonds. The first-order valence-electron chi connectivity index (χ1n) is 30.5. The molecule has 0 radical (unpaired) electrons. The standard InChI is InChI=1S/C43H80O13S3.C16H32O3S.C5H11.W/c1-10-34(4)22-42(7,8)30-53-25-37(47)28-59-20-13-40(50)56-32-43(14-16-51-9,15-17-54-38(48)11-18-57-26-35(45)23-44)31-55-39(49)12-19-58-27-36(46)24-52-29-41(5,6)21-33(2)3;1-6-15(2,3)12-16(4,5)13-19-10-14(18)11-20-9-7-8-17;1-4-5(2)3;/h22,33,35-37,44-47H,10-21,23-32H2,1-9H3;8,14,18H,6-7,9-13H2,1-5H3;5H,1,4H2,2-3H3;/q;;-1;/b34-22+;;;. The second kappa shape index (κ2) is 54.1. The number of thioether (sulfide) groups is 4. The van der Waals surface area contributed by atoms with Crippen LogP contribution in [0.15, 0.2) is 11.6 Å². The van der Waals surface area contributed by atoms with Gasteiger partial charge in [-0.2, -0.15) is 53.5 Å². The van der Waals surface area contributed by atoms with E-state index in [1.54, 1.807) is 18.9 Å². The molecule has 0 rings (SSSR count). The Morgan fingerprint density at radius 3 is 1.39 bits per heavy atom. The topological polar surface area (TPSA) is 234 Å². The molecule has 0 heterocycles. The minimum atomic E-state index is -0.898. The van der Waals surface area contributed by atoms with Crippen LogP contribution in [0.1, 0.15) is 174 Å². The van der Waals surface area contributed by atoms with Crippen molar-refractivity contribution in [3.63, 3.8) is 0 Å². The summed E-state index contributed by atoms with van der Waals surface area (Å²) in [5.41, 5.74) is 0.740. The molecule has 0 bridgehead atoms. The summed E-state index contributed by atoms with van der Waals surface area (Å²) < 4.78 is 39.5. The number of allylic oxidation sites excluding steroid dienone is 1. The third kappa shape index (κ3) is 59.6. The van der Waals surface area contributed by atoms with Gasteiger partial charge < -0.3 is 70.4 Å². The molecule has 85 heavy (non-hydrogen) atoms. The van der Waals surface area contributed by atoms with Crippen LogP contribution in [0.2, 0.25) is 0 Å². The van der Waals surface area contributed by atoms with E-state index in [-0.39, 0.29) is 109 Å². The van der Waals surface area contributed by atoms with Gasteiger partial charge in [-0.25, -0.2) is 0 Å². The molecule has 506 valence electrons. The summed E-state index contributed by atoms with van der Waals surface area (Å²) in [5.74, 6) is 3.80. The number of aldehydes is 1. The van der Waals surface area contributed by atoms with Gasteiger partial charge in [0, 0.05) is 92.3 Å². The Morgan fingerprint density at radius 2 is 0.988 bits per heavy atom. The number of aliphatic hydroxyl groups is 5. The molecule has 5 N–H and O–H groups in total. The Kier molecular flexibility index (Phi) is 57.9. The van der Waals surface area contributed by atoms with E-state index in [9.17, 15) is 39.6 Å². The average molecular weight is 1460 g/mol. The molecule has 0 aromatic carbocycles. The Hall–Kier alpha value is -0.452. The number of esters is 3. The molecule has 5 unspecified atom stereocenters. The molecule has 0 spiro atoms. The number of hydrogen-bond donors (Lipinski definition) is 5. The minimum absolute atomic E-state index is 0. The molecular formula is C64H123O16S4W-. The van der Waals surface area contributed by atoms with Gasteiger partial charge in [0.2, 0.25) is 0 Å². The van der Waals surface area contributed by atoms with Crippen LogP contribution < -0.4 is 0 Å². The van der Waals surface area contributed by atoms with Gasteiger partial charge in [-0.15, -0.1) is 0 Å². The maximum absolute atomic E-state index is 12.9. The number of rotatable bonds is 51. The first-order chi connectivity index (χ1) is 39.3. The van der Waals surface area contributed by atoms with E-state index in [2.05, 4.69) is 117 Å². The maximum Gasteiger partial charge on any atom is 0.306 e. The number of ether oxygens (including phenoxy) is 7. The molecule has 0 aliphatic carbocycles. The van der Waals surface area contributed by atoms with Crippen molar-refractivity contribution in [2.75, 3.05) is 126 Å². The van der Waals surface area contributed by atoms with Crippen LogP contribution in [0.3, 0.4) is 0 Å². The summed E-state index contributed by atoms with van der Waals surface area (Å²) in [7, 11) is 1.54. The summed E-state index contributed by atoms with van der Waals surface area (Å²) in [4.78, 5) is 48.4. The normalized spacial score (nSPS) is 14.4. The van der Waals surface area contributed by atoms with Gasteiger partial charge in [-0.1, -0.05) is 121 Å². The number of methoxy groups -OCH3 is 1. The molecular weight excluding hydrogens is 1340 g/mol. The molecule has 0 aromatic heterocycles. The molecule has 0 saturated heterocycles. The third-order valence-corrected chi connectivity index (χ3v) is 17.5. The number of hydrogen-bond acceptors (Lipinski definition) is 20. The van der Waals surface area contributed by atoms with Crippen molar-refractivity contribution in [2.45, 2.75) is 199 Å². The Morgan fingerprint density at radius 1 is 0.576 bits per heavy atom. The number of aliphatic hydroxyl groups excluding tert-OH is 5. The summed E-state index contributed by atoms with van der Waals surface area (Å²) in [6, 6.07) is 0. The summed E-state index contributed by atoms with van der Waals surface area (Å²) in [5, 5.41) is 49.1. The van der Waals surface area contributed by atoms with Gasteiger partial charge >= 0.3 is 17.9 Å². The van der Waals surface area contributed by atoms with E-state index in [0.29, 0.717) is 90.9 Å². The van der Waals surface area contributed by atoms with Gasteiger partial charge in [-0.05, 0) is 66.9 Å². The van der Waals surface area contributed by atoms with Crippen LogP contribution in [0.4, 0.5) is 0 Å². The van der Waals surface area contributed by atoms with Crippen molar-refractivity contribution >= 4 is 71.2 Å². The van der Waals surface area contributed by atoms with E-state index in [1.807, 2.05) is 0 Å². The molecule has 16 nitrogen and oxygen atoms in total. The Bertz CT molecular complexity index is 1670.